The lowest BCUT2D eigenvalue weighted by molar-refractivity contribution is -0.133. The van der Waals surface area contributed by atoms with Gasteiger partial charge in [-0.3, -0.25) is 9.59 Å². The van der Waals surface area contributed by atoms with Crippen LogP contribution in [0.15, 0.2) is 66.7 Å². The van der Waals surface area contributed by atoms with Crippen molar-refractivity contribution in [3.63, 3.8) is 0 Å². The van der Waals surface area contributed by atoms with Gasteiger partial charge in [-0.15, -0.1) is 0 Å². The van der Waals surface area contributed by atoms with Crippen molar-refractivity contribution in [3.05, 3.63) is 83.4 Å². The van der Waals surface area contributed by atoms with E-state index < -0.39 is 0 Å². The molecule has 3 atom stereocenters. The minimum Gasteiger partial charge on any atom is -0.350 e. The largest absolute Gasteiger partial charge is 0.350 e. The number of fused-ring (bicyclic) bond motifs is 1. The van der Waals surface area contributed by atoms with Gasteiger partial charge in [0.25, 0.3) is 5.91 Å². The molecule has 5 nitrogen and oxygen atoms in total. The normalized spacial score (nSPS) is 18.5. The van der Waals surface area contributed by atoms with Gasteiger partial charge in [0.15, 0.2) is 0 Å². The molecule has 0 unspecified atom stereocenters. The Labute approximate surface area is 253 Å². The molecule has 1 aliphatic rings. The SMILES string of the molecule is CCCCCC[C@@H]1N[C@H](CNC(=O)c2ccc3cc(CI)ccc3c2)CCN(C[C@@H](CC)c2ccccc2)C1=O. The predicted octanol–water partition coefficient (Wildman–Crippen LogP) is 7.23. The molecule has 3 aromatic rings. The standard InChI is InChI=1S/C34H44IN3O2/c1-3-5-6-10-13-32-34(40)38(24-26(4-2)27-11-8-7-9-12-27)19-18-31(37-32)23-36-33(39)30-17-16-28-20-25(22-35)14-15-29(28)21-30/h7-9,11-12,14-17,20-21,26,31-32,37H,3-6,10,13,18-19,22-24H2,1-2H3,(H,36,39)/t26-,31+,32+/m1/s1. The molecule has 1 saturated heterocycles. The van der Waals surface area contributed by atoms with Gasteiger partial charge in [-0.2, -0.15) is 0 Å². The maximum Gasteiger partial charge on any atom is 0.251 e. The number of alkyl halides is 1. The Balaban J connectivity index is 1.42. The summed E-state index contributed by atoms with van der Waals surface area (Å²) >= 11 is 2.37. The minimum absolute atomic E-state index is 0.0533. The van der Waals surface area contributed by atoms with Crippen LogP contribution in [-0.4, -0.2) is 48.4 Å². The highest BCUT2D eigenvalue weighted by molar-refractivity contribution is 14.1. The zero-order chi connectivity index (χ0) is 28.3. The third-order valence-corrected chi connectivity index (χ3v) is 9.06. The molecule has 2 amide bonds. The van der Waals surface area contributed by atoms with Crippen LogP contribution in [0.5, 0.6) is 0 Å². The first kappa shape index (κ1) is 30.5. The Kier molecular flexibility index (Phi) is 11.8. The number of amides is 2. The highest BCUT2D eigenvalue weighted by atomic mass is 127. The third-order valence-electron chi connectivity index (χ3n) is 8.18. The Morgan fingerprint density at radius 1 is 1.02 bits per heavy atom. The fourth-order valence-corrected chi connectivity index (χ4v) is 6.18. The lowest BCUT2D eigenvalue weighted by Gasteiger charge is -2.28. The molecule has 0 bridgehead atoms. The molecule has 0 spiro atoms. The zero-order valence-electron chi connectivity index (χ0n) is 24.0. The summed E-state index contributed by atoms with van der Waals surface area (Å²) in [6, 6.07) is 22.7. The smallest absolute Gasteiger partial charge is 0.251 e. The van der Waals surface area contributed by atoms with Crippen molar-refractivity contribution in [2.45, 2.75) is 81.2 Å². The molecule has 0 aliphatic carbocycles. The second kappa shape index (κ2) is 15.5. The number of benzene rings is 3. The topological polar surface area (TPSA) is 61.4 Å². The fourth-order valence-electron chi connectivity index (χ4n) is 5.70. The zero-order valence-corrected chi connectivity index (χ0v) is 26.2. The summed E-state index contributed by atoms with van der Waals surface area (Å²) in [5.74, 6) is 0.465. The Morgan fingerprint density at radius 2 is 1.80 bits per heavy atom. The monoisotopic (exact) mass is 653 g/mol. The van der Waals surface area contributed by atoms with Crippen molar-refractivity contribution in [3.8, 4) is 0 Å². The molecule has 40 heavy (non-hydrogen) atoms. The quantitative estimate of drug-likeness (QED) is 0.116. The van der Waals surface area contributed by atoms with Gasteiger partial charge in [-0.05, 0) is 53.3 Å². The highest BCUT2D eigenvalue weighted by Gasteiger charge is 2.32. The van der Waals surface area contributed by atoms with Crippen LogP contribution in [0.1, 0.15) is 86.2 Å². The Hall–Kier alpha value is -2.45. The number of hydrogen-bond donors (Lipinski definition) is 2. The van der Waals surface area contributed by atoms with Gasteiger partial charge < -0.3 is 15.5 Å². The van der Waals surface area contributed by atoms with Gasteiger partial charge in [0.1, 0.15) is 0 Å². The van der Waals surface area contributed by atoms with Crippen LogP contribution in [0.3, 0.4) is 0 Å². The van der Waals surface area contributed by atoms with E-state index in [1.165, 1.54) is 24.0 Å². The first-order valence-corrected chi connectivity index (χ1v) is 16.5. The second-order valence-electron chi connectivity index (χ2n) is 11.1. The van der Waals surface area contributed by atoms with E-state index in [9.17, 15) is 9.59 Å². The average Bonchev–Trinajstić information content (AvgIpc) is 3.14. The van der Waals surface area contributed by atoms with E-state index in [2.05, 4.69) is 94.4 Å². The summed E-state index contributed by atoms with van der Waals surface area (Å²) in [6.45, 7) is 6.36. The van der Waals surface area contributed by atoms with Gasteiger partial charge in [-0.1, -0.05) is 117 Å². The lowest BCUT2D eigenvalue weighted by Crippen LogP contribution is -2.49. The van der Waals surface area contributed by atoms with E-state index in [0.717, 1.165) is 53.8 Å². The molecule has 214 valence electrons. The molecule has 3 aromatic carbocycles. The van der Waals surface area contributed by atoms with Crippen LogP contribution >= 0.6 is 22.6 Å². The van der Waals surface area contributed by atoms with Crippen molar-refractivity contribution in [2.24, 2.45) is 0 Å². The van der Waals surface area contributed by atoms with Crippen molar-refractivity contribution in [1.82, 2.24) is 15.5 Å². The first-order chi connectivity index (χ1) is 19.5. The molecule has 2 N–H and O–H groups in total. The first-order valence-electron chi connectivity index (χ1n) is 15.0. The van der Waals surface area contributed by atoms with E-state index >= 15 is 0 Å². The fraction of sp³-hybridized carbons (Fsp3) is 0.471. The van der Waals surface area contributed by atoms with E-state index in [4.69, 9.17) is 0 Å². The summed E-state index contributed by atoms with van der Waals surface area (Å²) in [7, 11) is 0. The van der Waals surface area contributed by atoms with Crippen LogP contribution in [0.4, 0.5) is 0 Å². The van der Waals surface area contributed by atoms with E-state index in [0.29, 0.717) is 24.6 Å². The Morgan fingerprint density at radius 3 is 2.55 bits per heavy atom. The number of halogens is 1. The average molecular weight is 654 g/mol. The maximum atomic E-state index is 13.7. The van der Waals surface area contributed by atoms with Crippen LogP contribution in [0, 0.1) is 0 Å². The van der Waals surface area contributed by atoms with Gasteiger partial charge in [0.2, 0.25) is 5.91 Å². The molecule has 4 rings (SSSR count). The number of carbonyl (C=O) groups excluding carboxylic acids is 2. The minimum atomic E-state index is -0.206. The highest BCUT2D eigenvalue weighted by Crippen LogP contribution is 2.24. The molecule has 1 heterocycles. The number of nitrogens with one attached hydrogen (secondary N) is 2. The van der Waals surface area contributed by atoms with Crippen LogP contribution in [-0.2, 0) is 9.22 Å². The number of carbonyl (C=O) groups is 2. The van der Waals surface area contributed by atoms with E-state index in [1.807, 2.05) is 24.3 Å². The predicted molar refractivity (Wildman–Crippen MR) is 174 cm³/mol. The van der Waals surface area contributed by atoms with Crippen molar-refractivity contribution in [1.29, 1.82) is 0 Å². The third kappa shape index (κ3) is 8.29. The molecule has 6 heteroatoms. The summed E-state index contributed by atoms with van der Waals surface area (Å²) < 4.78 is 0.967. The molecule has 1 aliphatic heterocycles. The Bertz CT molecular complexity index is 1250. The van der Waals surface area contributed by atoms with E-state index in [1.54, 1.807) is 0 Å². The molecular formula is C34H44IN3O2. The maximum absolute atomic E-state index is 13.7. The van der Waals surface area contributed by atoms with Crippen LogP contribution in [0.2, 0.25) is 0 Å². The number of hydrogen-bond acceptors (Lipinski definition) is 3. The molecule has 0 aromatic heterocycles. The van der Waals surface area contributed by atoms with Crippen LogP contribution < -0.4 is 10.6 Å². The van der Waals surface area contributed by atoms with Gasteiger partial charge in [-0.25, -0.2) is 0 Å². The van der Waals surface area contributed by atoms with E-state index in [-0.39, 0.29) is 23.9 Å². The summed E-state index contributed by atoms with van der Waals surface area (Å²) in [5.41, 5.74) is 3.25. The number of nitrogens with zero attached hydrogens (tertiary/aromatic N) is 1. The number of unbranched alkanes of at least 4 members (excludes halogenated alkanes) is 3. The molecule has 0 radical (unpaired) electrons. The number of rotatable bonds is 13. The van der Waals surface area contributed by atoms with Gasteiger partial charge in [0, 0.05) is 41.6 Å². The summed E-state index contributed by atoms with van der Waals surface area (Å²) in [4.78, 5) is 28.9. The molecular weight excluding hydrogens is 609 g/mol. The van der Waals surface area contributed by atoms with Crippen LogP contribution in [0.25, 0.3) is 10.8 Å². The summed E-state index contributed by atoms with van der Waals surface area (Å²) in [6.07, 6.45) is 7.21. The van der Waals surface area contributed by atoms with Crippen molar-refractivity contribution in [2.75, 3.05) is 19.6 Å². The van der Waals surface area contributed by atoms with Crippen molar-refractivity contribution >= 4 is 45.2 Å². The van der Waals surface area contributed by atoms with Gasteiger partial charge >= 0.3 is 0 Å². The summed E-state index contributed by atoms with van der Waals surface area (Å²) in [5, 5.41) is 9.03. The molecule has 1 fully saturated rings. The van der Waals surface area contributed by atoms with Gasteiger partial charge in [0.05, 0.1) is 6.04 Å². The lowest BCUT2D eigenvalue weighted by atomic mass is 9.95. The van der Waals surface area contributed by atoms with Crippen molar-refractivity contribution < 1.29 is 9.59 Å². The second-order valence-corrected chi connectivity index (χ2v) is 11.9. The molecule has 0 saturated carbocycles.